The molecule has 2 N–H and O–H groups in total. The summed E-state index contributed by atoms with van der Waals surface area (Å²) in [5.74, 6) is 1.02. The summed E-state index contributed by atoms with van der Waals surface area (Å²) >= 11 is 0. The van der Waals surface area contributed by atoms with Crippen LogP contribution in [0.25, 0.3) is 0 Å². The highest BCUT2D eigenvalue weighted by Crippen LogP contribution is 2.33. The van der Waals surface area contributed by atoms with E-state index in [2.05, 4.69) is 0 Å². The fraction of sp³-hybridized carbons (Fsp3) is 0.294. The van der Waals surface area contributed by atoms with E-state index >= 15 is 0 Å². The first-order valence-corrected chi connectivity index (χ1v) is 9.19. The predicted octanol–water partition coefficient (Wildman–Crippen LogP) is 1.61. The number of sulfonamides is 1. The third kappa shape index (κ3) is 3.53. The van der Waals surface area contributed by atoms with Gasteiger partial charge in [-0.25, -0.2) is 8.42 Å². The first-order valence-electron chi connectivity index (χ1n) is 7.75. The molecule has 128 valence electrons. The lowest BCUT2D eigenvalue weighted by molar-refractivity contribution is 0.171. The van der Waals surface area contributed by atoms with Crippen LogP contribution in [0.15, 0.2) is 53.4 Å². The highest BCUT2D eigenvalue weighted by molar-refractivity contribution is 7.89. The van der Waals surface area contributed by atoms with E-state index in [1.54, 1.807) is 6.07 Å². The second-order valence-electron chi connectivity index (χ2n) is 5.42. The van der Waals surface area contributed by atoms with Gasteiger partial charge in [0.25, 0.3) is 0 Å². The molecule has 1 aliphatic heterocycles. The normalized spacial score (nSPS) is 13.9. The van der Waals surface area contributed by atoms with Crippen LogP contribution >= 0.6 is 0 Å². The molecule has 0 unspecified atom stereocenters. The molecule has 1 aliphatic rings. The zero-order valence-corrected chi connectivity index (χ0v) is 14.0. The van der Waals surface area contributed by atoms with Crippen molar-refractivity contribution in [2.75, 3.05) is 26.3 Å². The lowest BCUT2D eigenvalue weighted by Crippen LogP contribution is -2.35. The van der Waals surface area contributed by atoms with Crippen LogP contribution in [0.5, 0.6) is 11.5 Å². The molecule has 0 aromatic heterocycles. The van der Waals surface area contributed by atoms with Crippen molar-refractivity contribution in [3.8, 4) is 11.5 Å². The number of benzene rings is 2. The lowest BCUT2D eigenvalue weighted by atomic mass is 10.2. The third-order valence-corrected chi connectivity index (χ3v) is 5.57. The number of nitrogens with zero attached hydrogens (tertiary/aromatic N) is 1. The SMILES string of the molecule is NCCN(Cc1ccccc1)S(=O)(=O)c1ccc2c(c1)OCCO2. The Morgan fingerprint density at radius 2 is 1.71 bits per heavy atom. The number of nitrogens with two attached hydrogens (primary N) is 1. The zero-order chi connectivity index (χ0) is 17.0. The van der Waals surface area contributed by atoms with E-state index in [1.165, 1.54) is 16.4 Å². The molecule has 2 aromatic rings. The Labute approximate surface area is 141 Å². The maximum Gasteiger partial charge on any atom is 0.243 e. The molecule has 0 aliphatic carbocycles. The maximum atomic E-state index is 13.0. The monoisotopic (exact) mass is 348 g/mol. The van der Waals surface area contributed by atoms with Gasteiger partial charge in [-0.2, -0.15) is 4.31 Å². The Bertz CT molecular complexity index is 793. The fourth-order valence-electron chi connectivity index (χ4n) is 2.55. The highest BCUT2D eigenvalue weighted by Gasteiger charge is 2.26. The molecule has 24 heavy (non-hydrogen) atoms. The molecule has 2 aromatic carbocycles. The van der Waals surface area contributed by atoms with Crippen LogP contribution in [-0.4, -0.2) is 39.0 Å². The van der Waals surface area contributed by atoms with Gasteiger partial charge < -0.3 is 15.2 Å². The second-order valence-corrected chi connectivity index (χ2v) is 7.36. The van der Waals surface area contributed by atoms with E-state index in [9.17, 15) is 8.42 Å². The minimum absolute atomic E-state index is 0.177. The lowest BCUT2D eigenvalue weighted by Gasteiger charge is -2.23. The first kappa shape index (κ1) is 16.8. The molecule has 3 rings (SSSR count). The summed E-state index contributed by atoms with van der Waals surface area (Å²) in [6.07, 6.45) is 0. The average Bonchev–Trinajstić information content (AvgIpc) is 2.62. The van der Waals surface area contributed by atoms with Crippen LogP contribution in [0, 0.1) is 0 Å². The van der Waals surface area contributed by atoms with E-state index in [4.69, 9.17) is 15.2 Å². The van der Waals surface area contributed by atoms with E-state index in [1.807, 2.05) is 30.3 Å². The van der Waals surface area contributed by atoms with E-state index in [-0.39, 0.29) is 24.5 Å². The Balaban J connectivity index is 1.91. The van der Waals surface area contributed by atoms with Crippen molar-refractivity contribution >= 4 is 10.0 Å². The third-order valence-electron chi connectivity index (χ3n) is 3.73. The number of rotatable bonds is 6. The summed E-state index contributed by atoms with van der Waals surface area (Å²) < 4.78 is 38.3. The standard InChI is InChI=1S/C17H20N2O4S/c18-8-9-19(13-14-4-2-1-3-5-14)24(20,21)15-6-7-16-17(12-15)23-11-10-22-16/h1-7,12H,8-11,13,18H2. The summed E-state index contributed by atoms with van der Waals surface area (Å²) in [6.45, 7) is 1.64. The smallest absolute Gasteiger partial charge is 0.243 e. The van der Waals surface area contributed by atoms with Gasteiger partial charge >= 0.3 is 0 Å². The fourth-order valence-corrected chi connectivity index (χ4v) is 4.01. The van der Waals surface area contributed by atoms with Gasteiger partial charge in [-0.05, 0) is 17.7 Å². The van der Waals surface area contributed by atoms with Crippen LogP contribution in [0.3, 0.4) is 0 Å². The van der Waals surface area contributed by atoms with Gasteiger partial charge in [0.2, 0.25) is 10.0 Å². The summed E-state index contributed by atoms with van der Waals surface area (Å²) in [4.78, 5) is 0.177. The number of ether oxygens (including phenoxy) is 2. The summed E-state index contributed by atoms with van der Waals surface area (Å²) in [7, 11) is -3.68. The zero-order valence-electron chi connectivity index (χ0n) is 13.2. The van der Waals surface area contributed by atoms with Crippen molar-refractivity contribution in [3.63, 3.8) is 0 Å². The second kappa shape index (κ2) is 7.21. The van der Waals surface area contributed by atoms with Crippen LogP contribution in [0.1, 0.15) is 5.56 Å². The Hall–Kier alpha value is -2.09. The molecule has 0 saturated heterocycles. The quantitative estimate of drug-likeness (QED) is 0.858. The minimum atomic E-state index is -3.68. The van der Waals surface area contributed by atoms with Gasteiger partial charge in [-0.3, -0.25) is 0 Å². The molecule has 0 amide bonds. The number of hydrogen-bond donors (Lipinski definition) is 1. The van der Waals surface area contributed by atoms with Gasteiger partial charge in [-0.1, -0.05) is 30.3 Å². The maximum absolute atomic E-state index is 13.0. The van der Waals surface area contributed by atoms with Gasteiger partial charge in [0.05, 0.1) is 4.90 Å². The summed E-state index contributed by atoms with van der Waals surface area (Å²) in [5.41, 5.74) is 6.53. The van der Waals surface area contributed by atoms with Crippen LogP contribution < -0.4 is 15.2 Å². The average molecular weight is 348 g/mol. The number of hydrogen-bond acceptors (Lipinski definition) is 5. The van der Waals surface area contributed by atoms with Crippen molar-refractivity contribution in [2.45, 2.75) is 11.4 Å². The van der Waals surface area contributed by atoms with Crippen LogP contribution in [0.2, 0.25) is 0 Å². The summed E-state index contributed by atoms with van der Waals surface area (Å²) in [6, 6.07) is 14.1. The molecular formula is C17H20N2O4S. The molecule has 7 heteroatoms. The first-order chi connectivity index (χ1) is 11.6. The van der Waals surface area contributed by atoms with E-state index in [0.29, 0.717) is 24.7 Å². The molecule has 0 radical (unpaired) electrons. The minimum Gasteiger partial charge on any atom is -0.486 e. The van der Waals surface area contributed by atoms with Gasteiger partial charge in [0, 0.05) is 25.7 Å². The Morgan fingerprint density at radius 1 is 1.00 bits per heavy atom. The van der Waals surface area contributed by atoms with Crippen molar-refractivity contribution in [2.24, 2.45) is 5.73 Å². The number of fused-ring (bicyclic) bond motifs is 1. The van der Waals surface area contributed by atoms with Crippen molar-refractivity contribution in [3.05, 3.63) is 54.1 Å². The van der Waals surface area contributed by atoms with Gasteiger partial charge in [0.15, 0.2) is 11.5 Å². The molecule has 1 heterocycles. The Morgan fingerprint density at radius 3 is 2.42 bits per heavy atom. The van der Waals surface area contributed by atoms with Crippen molar-refractivity contribution in [1.29, 1.82) is 0 Å². The molecule has 0 bridgehead atoms. The molecule has 6 nitrogen and oxygen atoms in total. The molecular weight excluding hydrogens is 328 g/mol. The van der Waals surface area contributed by atoms with Crippen molar-refractivity contribution < 1.29 is 17.9 Å². The highest BCUT2D eigenvalue weighted by atomic mass is 32.2. The molecule has 0 atom stereocenters. The topological polar surface area (TPSA) is 81.9 Å². The molecule has 0 spiro atoms. The Kier molecular flexibility index (Phi) is 5.03. The van der Waals surface area contributed by atoms with Crippen molar-refractivity contribution in [1.82, 2.24) is 4.31 Å². The molecule has 0 fully saturated rings. The van der Waals surface area contributed by atoms with Crippen LogP contribution in [0.4, 0.5) is 0 Å². The summed E-state index contributed by atoms with van der Waals surface area (Å²) in [5, 5.41) is 0. The van der Waals surface area contributed by atoms with Crippen LogP contribution in [-0.2, 0) is 16.6 Å². The largest absolute Gasteiger partial charge is 0.486 e. The van der Waals surface area contributed by atoms with E-state index in [0.717, 1.165) is 5.56 Å². The van der Waals surface area contributed by atoms with Gasteiger partial charge in [0.1, 0.15) is 13.2 Å². The predicted molar refractivity (Wildman–Crippen MR) is 90.5 cm³/mol. The van der Waals surface area contributed by atoms with Gasteiger partial charge in [-0.15, -0.1) is 0 Å². The molecule has 0 saturated carbocycles. The van der Waals surface area contributed by atoms with E-state index < -0.39 is 10.0 Å².